The quantitative estimate of drug-likeness (QED) is 0.835. The van der Waals surface area contributed by atoms with E-state index in [0.29, 0.717) is 6.42 Å². The van der Waals surface area contributed by atoms with Crippen molar-refractivity contribution in [2.75, 3.05) is 0 Å². The Hall–Kier alpha value is -1.90. The average molecular weight is 308 g/mol. The van der Waals surface area contributed by atoms with Crippen LogP contribution in [0.5, 0.6) is 0 Å². The Balaban J connectivity index is 1.97. The van der Waals surface area contributed by atoms with Gasteiger partial charge in [0.15, 0.2) is 0 Å². The van der Waals surface area contributed by atoms with Gasteiger partial charge < -0.3 is 10.4 Å². The Morgan fingerprint density at radius 2 is 1.65 bits per heavy atom. The molecule has 0 spiro atoms. The molecule has 3 rings (SSSR count). The minimum Gasteiger partial charge on any atom is -0.389 e. The molecule has 0 amide bonds. The normalized spacial score (nSPS) is 30.8. The second-order valence-electron chi connectivity index (χ2n) is 6.74. The monoisotopic (exact) mass is 308 g/mol. The predicted molar refractivity (Wildman–Crippen MR) is 93.8 cm³/mol. The van der Waals surface area contributed by atoms with Crippen LogP contribution in [0.25, 0.3) is 0 Å². The van der Waals surface area contributed by atoms with E-state index in [1.807, 2.05) is 18.2 Å². The Morgan fingerprint density at radius 1 is 1.09 bits per heavy atom. The predicted octanol–water partition coefficient (Wildman–Crippen LogP) is 3.38. The molecule has 2 heteroatoms. The van der Waals surface area contributed by atoms with Crippen LogP contribution in [-0.2, 0) is 0 Å². The summed E-state index contributed by atoms with van der Waals surface area (Å²) in [6.45, 7) is 6.03. The number of piperidine rings is 1. The summed E-state index contributed by atoms with van der Waals surface area (Å²) in [5.74, 6) is 0.169. The number of hydrogen-bond donors (Lipinski definition) is 2. The van der Waals surface area contributed by atoms with Gasteiger partial charge in [-0.05, 0) is 6.42 Å². The zero-order chi connectivity index (χ0) is 16.3. The molecule has 1 aliphatic rings. The fraction of sp³-hybridized carbons (Fsp3) is 0.333. The molecule has 2 aromatic rings. The van der Waals surface area contributed by atoms with Gasteiger partial charge in [-0.3, -0.25) is 0 Å². The van der Waals surface area contributed by atoms with Crippen LogP contribution in [0.1, 0.15) is 43.0 Å². The van der Waals surface area contributed by atoms with Crippen molar-refractivity contribution in [2.24, 2.45) is 5.92 Å². The minimum atomic E-state index is -0.711. The molecule has 0 aromatic heterocycles. The molecule has 0 bridgehead atoms. The third-order valence-corrected chi connectivity index (χ3v) is 5.31. The first-order valence-corrected chi connectivity index (χ1v) is 8.42. The maximum Gasteiger partial charge on any atom is 0.117 e. The molecular weight excluding hydrogens is 282 g/mol. The number of rotatable bonds is 4. The summed E-state index contributed by atoms with van der Waals surface area (Å²) in [5, 5.41) is 13.7. The van der Waals surface area contributed by atoms with E-state index in [9.17, 15) is 5.11 Å². The standard InChI is InChI=1S/C21H25NO/c1-3-14-21(23)15-19(17-10-6-4-7-11-17)22-20(16(21)2)18-12-8-5-9-13-18/h3-13,16,19-20,22-23H,1,14-15H2,2H3/p+1/t16-,19+,20-,21-/m1/s1. The van der Waals surface area contributed by atoms with Crippen LogP contribution in [0.3, 0.4) is 0 Å². The van der Waals surface area contributed by atoms with Gasteiger partial charge >= 0.3 is 0 Å². The van der Waals surface area contributed by atoms with E-state index in [-0.39, 0.29) is 18.0 Å². The molecule has 120 valence electrons. The van der Waals surface area contributed by atoms with Crippen molar-refractivity contribution < 1.29 is 10.4 Å². The summed E-state index contributed by atoms with van der Waals surface area (Å²) in [6, 6.07) is 21.6. The fourth-order valence-electron chi connectivity index (χ4n) is 3.91. The lowest BCUT2D eigenvalue weighted by molar-refractivity contribution is -0.756. The number of aliphatic hydroxyl groups is 1. The second kappa shape index (κ2) is 6.69. The van der Waals surface area contributed by atoms with E-state index >= 15 is 0 Å². The van der Waals surface area contributed by atoms with Gasteiger partial charge in [0, 0.05) is 23.5 Å². The van der Waals surface area contributed by atoms with Crippen LogP contribution < -0.4 is 5.32 Å². The topological polar surface area (TPSA) is 36.8 Å². The molecule has 0 radical (unpaired) electrons. The zero-order valence-corrected chi connectivity index (χ0v) is 13.7. The van der Waals surface area contributed by atoms with Crippen LogP contribution in [0.15, 0.2) is 73.3 Å². The number of benzene rings is 2. The highest BCUT2D eigenvalue weighted by molar-refractivity contribution is 5.22. The van der Waals surface area contributed by atoms with Crippen molar-refractivity contribution in [1.29, 1.82) is 0 Å². The van der Waals surface area contributed by atoms with E-state index in [1.54, 1.807) is 0 Å². The van der Waals surface area contributed by atoms with Gasteiger partial charge in [-0.15, -0.1) is 6.58 Å². The first kappa shape index (κ1) is 16.0. The average Bonchev–Trinajstić information content (AvgIpc) is 2.59. The Kier molecular flexibility index (Phi) is 4.65. The summed E-state index contributed by atoms with van der Waals surface area (Å²) < 4.78 is 0. The van der Waals surface area contributed by atoms with Crippen LogP contribution in [0.2, 0.25) is 0 Å². The molecule has 2 nitrogen and oxygen atoms in total. The Labute approximate surface area is 138 Å². The molecule has 2 aromatic carbocycles. The highest BCUT2D eigenvalue weighted by Gasteiger charge is 2.48. The molecule has 1 aliphatic heterocycles. The van der Waals surface area contributed by atoms with Crippen LogP contribution >= 0.6 is 0 Å². The van der Waals surface area contributed by atoms with Crippen LogP contribution in [-0.4, -0.2) is 10.7 Å². The van der Waals surface area contributed by atoms with Gasteiger partial charge in [-0.2, -0.15) is 0 Å². The summed E-state index contributed by atoms with van der Waals surface area (Å²) in [7, 11) is 0. The zero-order valence-electron chi connectivity index (χ0n) is 13.7. The maximum atomic E-state index is 11.3. The van der Waals surface area contributed by atoms with Crippen LogP contribution in [0.4, 0.5) is 0 Å². The highest BCUT2D eigenvalue weighted by atomic mass is 16.3. The molecule has 0 saturated carbocycles. The molecule has 1 saturated heterocycles. The number of hydrogen-bond acceptors (Lipinski definition) is 1. The first-order valence-electron chi connectivity index (χ1n) is 8.42. The molecule has 4 atom stereocenters. The lowest BCUT2D eigenvalue weighted by Gasteiger charge is -2.44. The summed E-state index contributed by atoms with van der Waals surface area (Å²) in [6.07, 6.45) is 3.24. The summed E-state index contributed by atoms with van der Waals surface area (Å²) >= 11 is 0. The van der Waals surface area contributed by atoms with Crippen LogP contribution in [0, 0.1) is 5.92 Å². The lowest BCUT2D eigenvalue weighted by Crippen LogP contribution is -2.91. The van der Waals surface area contributed by atoms with Gasteiger partial charge in [0.2, 0.25) is 0 Å². The molecule has 1 fully saturated rings. The van der Waals surface area contributed by atoms with Gasteiger partial charge in [0.05, 0.1) is 5.60 Å². The van der Waals surface area contributed by atoms with Crippen molar-refractivity contribution in [3.8, 4) is 0 Å². The third-order valence-electron chi connectivity index (χ3n) is 5.31. The highest BCUT2D eigenvalue weighted by Crippen LogP contribution is 2.40. The summed E-state index contributed by atoms with van der Waals surface area (Å²) in [5.41, 5.74) is 1.85. The molecule has 0 aliphatic carbocycles. The van der Waals surface area contributed by atoms with E-state index in [1.165, 1.54) is 11.1 Å². The van der Waals surface area contributed by atoms with Crippen molar-refractivity contribution >= 4 is 0 Å². The van der Waals surface area contributed by atoms with Crippen molar-refractivity contribution in [2.45, 2.75) is 37.5 Å². The van der Waals surface area contributed by atoms with E-state index in [0.717, 1.165) is 6.42 Å². The molecule has 0 unspecified atom stereocenters. The molecule has 23 heavy (non-hydrogen) atoms. The first-order chi connectivity index (χ1) is 11.1. The smallest absolute Gasteiger partial charge is 0.117 e. The minimum absolute atomic E-state index is 0.169. The molecule has 1 heterocycles. The summed E-state index contributed by atoms with van der Waals surface area (Å²) in [4.78, 5) is 0. The molecule has 3 N–H and O–H groups in total. The molecular formula is C21H26NO+. The van der Waals surface area contributed by atoms with E-state index in [2.05, 4.69) is 67.4 Å². The number of quaternary nitrogens is 1. The number of nitrogens with two attached hydrogens (primary N) is 1. The Morgan fingerprint density at radius 3 is 2.22 bits per heavy atom. The SMILES string of the molecule is C=CC[C@@]1(O)C[C@@H](c2ccccc2)[NH2+][C@@H](c2ccccc2)[C@H]1C. The lowest BCUT2D eigenvalue weighted by atomic mass is 9.70. The van der Waals surface area contributed by atoms with E-state index in [4.69, 9.17) is 0 Å². The van der Waals surface area contributed by atoms with Gasteiger partial charge in [0.25, 0.3) is 0 Å². The third kappa shape index (κ3) is 3.24. The van der Waals surface area contributed by atoms with Crippen molar-refractivity contribution in [1.82, 2.24) is 0 Å². The maximum absolute atomic E-state index is 11.3. The van der Waals surface area contributed by atoms with Gasteiger partial charge in [-0.1, -0.05) is 73.7 Å². The van der Waals surface area contributed by atoms with Gasteiger partial charge in [-0.25, -0.2) is 0 Å². The second-order valence-corrected chi connectivity index (χ2v) is 6.74. The largest absolute Gasteiger partial charge is 0.389 e. The van der Waals surface area contributed by atoms with E-state index < -0.39 is 5.60 Å². The fourth-order valence-corrected chi connectivity index (χ4v) is 3.91. The van der Waals surface area contributed by atoms with Gasteiger partial charge in [0.1, 0.15) is 12.1 Å². The van der Waals surface area contributed by atoms with Crippen molar-refractivity contribution in [3.05, 3.63) is 84.4 Å². The van der Waals surface area contributed by atoms with Crippen molar-refractivity contribution in [3.63, 3.8) is 0 Å². The Bertz CT molecular complexity index is 639.